The van der Waals surface area contributed by atoms with Crippen LogP contribution in [0.4, 0.5) is 0 Å². The Morgan fingerprint density at radius 3 is 2.73 bits per heavy atom. The van der Waals surface area contributed by atoms with E-state index < -0.39 is 0 Å². The summed E-state index contributed by atoms with van der Waals surface area (Å²) in [5.41, 5.74) is 3.19. The summed E-state index contributed by atoms with van der Waals surface area (Å²) in [5, 5.41) is 0. The number of hydrogen-bond donors (Lipinski definition) is 1. The maximum atomic E-state index is 11.2. The molecule has 0 spiro atoms. The van der Waals surface area contributed by atoms with Crippen molar-refractivity contribution >= 4 is 0 Å². The van der Waals surface area contributed by atoms with Gasteiger partial charge in [-0.25, -0.2) is 4.98 Å². The predicted molar refractivity (Wildman–Crippen MR) is 59.8 cm³/mol. The number of hydrogen-bond acceptors (Lipinski definition) is 2. The molecular formula is C12H12N2O. The minimum absolute atomic E-state index is 0.124. The number of rotatable bonds is 1. The van der Waals surface area contributed by atoms with Crippen LogP contribution in [-0.2, 0) is 0 Å². The minimum Gasteiger partial charge on any atom is -0.307 e. The van der Waals surface area contributed by atoms with Crippen molar-refractivity contribution in [2.24, 2.45) is 0 Å². The number of aromatic amines is 1. The van der Waals surface area contributed by atoms with Crippen molar-refractivity contribution in [3.8, 4) is 11.4 Å². The second-order valence-electron chi connectivity index (χ2n) is 3.53. The summed E-state index contributed by atoms with van der Waals surface area (Å²) in [4.78, 5) is 18.0. The highest BCUT2D eigenvalue weighted by Gasteiger charge is 2.04. The number of aromatic nitrogens is 2. The summed E-state index contributed by atoms with van der Waals surface area (Å²) in [5.74, 6) is 0.628. The van der Waals surface area contributed by atoms with Gasteiger partial charge in [0, 0.05) is 17.8 Å². The molecule has 0 aliphatic rings. The molecule has 3 nitrogen and oxygen atoms in total. The van der Waals surface area contributed by atoms with E-state index in [4.69, 9.17) is 0 Å². The van der Waals surface area contributed by atoms with E-state index >= 15 is 0 Å². The molecule has 2 rings (SSSR count). The predicted octanol–water partition coefficient (Wildman–Crippen LogP) is 2.05. The van der Waals surface area contributed by atoms with Gasteiger partial charge in [0.25, 0.3) is 5.56 Å². The summed E-state index contributed by atoms with van der Waals surface area (Å²) in [7, 11) is 0. The second kappa shape index (κ2) is 3.69. The van der Waals surface area contributed by atoms with Crippen molar-refractivity contribution in [2.75, 3.05) is 0 Å². The molecule has 2 aromatic rings. The fourth-order valence-electron chi connectivity index (χ4n) is 1.51. The molecule has 0 radical (unpaired) electrons. The summed E-state index contributed by atoms with van der Waals surface area (Å²) < 4.78 is 0. The van der Waals surface area contributed by atoms with E-state index in [1.165, 1.54) is 17.8 Å². The molecule has 0 atom stereocenters. The average molecular weight is 200 g/mol. The SMILES string of the molecule is Cc1cccc(-c2nccc(=O)[nH]2)c1C. The maximum absolute atomic E-state index is 11.2. The van der Waals surface area contributed by atoms with Crippen molar-refractivity contribution < 1.29 is 0 Å². The van der Waals surface area contributed by atoms with Gasteiger partial charge in [-0.15, -0.1) is 0 Å². The molecule has 0 aliphatic carbocycles. The van der Waals surface area contributed by atoms with Crippen molar-refractivity contribution in [1.29, 1.82) is 0 Å². The van der Waals surface area contributed by atoms with Crippen LogP contribution in [0.1, 0.15) is 11.1 Å². The molecule has 1 heterocycles. The van der Waals surface area contributed by atoms with E-state index in [0.717, 1.165) is 11.1 Å². The van der Waals surface area contributed by atoms with Crippen LogP contribution in [0.3, 0.4) is 0 Å². The number of H-pyrrole nitrogens is 1. The van der Waals surface area contributed by atoms with Gasteiger partial charge in [-0.2, -0.15) is 0 Å². The third kappa shape index (κ3) is 1.81. The molecule has 0 bridgehead atoms. The Morgan fingerprint density at radius 2 is 2.00 bits per heavy atom. The molecule has 0 unspecified atom stereocenters. The number of nitrogens with zero attached hydrogens (tertiary/aromatic N) is 1. The highest BCUT2D eigenvalue weighted by atomic mass is 16.1. The number of aryl methyl sites for hydroxylation is 1. The molecule has 15 heavy (non-hydrogen) atoms. The van der Waals surface area contributed by atoms with Crippen LogP contribution in [-0.4, -0.2) is 9.97 Å². The van der Waals surface area contributed by atoms with Gasteiger partial charge in [0.05, 0.1) is 0 Å². The Balaban J connectivity index is 2.64. The van der Waals surface area contributed by atoms with Gasteiger partial charge in [-0.05, 0) is 25.0 Å². The van der Waals surface area contributed by atoms with Gasteiger partial charge < -0.3 is 4.98 Å². The topological polar surface area (TPSA) is 45.8 Å². The molecule has 0 saturated heterocycles. The lowest BCUT2D eigenvalue weighted by molar-refractivity contribution is 1.12. The van der Waals surface area contributed by atoms with E-state index in [1.54, 1.807) is 0 Å². The summed E-state index contributed by atoms with van der Waals surface area (Å²) in [6.45, 7) is 4.07. The summed E-state index contributed by atoms with van der Waals surface area (Å²) in [6.07, 6.45) is 1.52. The van der Waals surface area contributed by atoms with Crippen molar-refractivity contribution in [2.45, 2.75) is 13.8 Å². The Morgan fingerprint density at radius 1 is 1.20 bits per heavy atom. The molecule has 0 saturated carbocycles. The van der Waals surface area contributed by atoms with Crippen LogP contribution < -0.4 is 5.56 Å². The molecule has 1 aromatic carbocycles. The average Bonchev–Trinajstić information content (AvgIpc) is 2.22. The van der Waals surface area contributed by atoms with Crippen LogP contribution in [0, 0.1) is 13.8 Å². The highest BCUT2D eigenvalue weighted by molar-refractivity contribution is 5.61. The first-order valence-electron chi connectivity index (χ1n) is 4.80. The van der Waals surface area contributed by atoms with E-state index in [1.807, 2.05) is 32.0 Å². The third-order valence-corrected chi connectivity index (χ3v) is 2.53. The largest absolute Gasteiger partial charge is 0.307 e. The summed E-state index contributed by atoms with van der Waals surface area (Å²) >= 11 is 0. The van der Waals surface area contributed by atoms with E-state index in [2.05, 4.69) is 9.97 Å². The Labute approximate surface area is 87.8 Å². The Kier molecular flexibility index (Phi) is 2.37. The maximum Gasteiger partial charge on any atom is 0.251 e. The van der Waals surface area contributed by atoms with Crippen molar-refractivity contribution in [3.63, 3.8) is 0 Å². The van der Waals surface area contributed by atoms with Gasteiger partial charge in [0.1, 0.15) is 5.82 Å². The van der Waals surface area contributed by atoms with Crippen LogP contribution >= 0.6 is 0 Å². The molecular weight excluding hydrogens is 188 g/mol. The molecule has 1 N–H and O–H groups in total. The lowest BCUT2D eigenvalue weighted by atomic mass is 10.0. The Hall–Kier alpha value is -1.90. The van der Waals surface area contributed by atoms with Crippen LogP contribution in [0.25, 0.3) is 11.4 Å². The minimum atomic E-state index is -0.124. The first-order valence-corrected chi connectivity index (χ1v) is 4.80. The fourth-order valence-corrected chi connectivity index (χ4v) is 1.51. The van der Waals surface area contributed by atoms with Gasteiger partial charge in [-0.3, -0.25) is 4.79 Å². The fraction of sp³-hybridized carbons (Fsp3) is 0.167. The van der Waals surface area contributed by atoms with Crippen LogP contribution in [0.15, 0.2) is 35.3 Å². The lowest BCUT2D eigenvalue weighted by Gasteiger charge is -2.06. The molecule has 1 aromatic heterocycles. The molecule has 3 heteroatoms. The lowest BCUT2D eigenvalue weighted by Crippen LogP contribution is -2.06. The van der Waals surface area contributed by atoms with E-state index in [0.29, 0.717) is 5.82 Å². The smallest absolute Gasteiger partial charge is 0.251 e. The zero-order valence-corrected chi connectivity index (χ0v) is 8.74. The monoisotopic (exact) mass is 200 g/mol. The quantitative estimate of drug-likeness (QED) is 0.765. The molecule has 0 fully saturated rings. The molecule has 0 aliphatic heterocycles. The Bertz CT molecular complexity index is 543. The number of benzene rings is 1. The standard InChI is InChI=1S/C12H12N2O/c1-8-4-3-5-10(9(8)2)12-13-7-6-11(15)14-12/h3-7H,1-2H3,(H,13,14,15). The summed E-state index contributed by atoms with van der Waals surface area (Å²) in [6, 6.07) is 7.37. The first kappa shape index (κ1) is 9.65. The zero-order valence-electron chi connectivity index (χ0n) is 8.74. The highest BCUT2D eigenvalue weighted by Crippen LogP contribution is 2.20. The van der Waals surface area contributed by atoms with Crippen molar-refractivity contribution in [3.05, 3.63) is 51.9 Å². The van der Waals surface area contributed by atoms with E-state index in [-0.39, 0.29) is 5.56 Å². The van der Waals surface area contributed by atoms with Gasteiger partial charge >= 0.3 is 0 Å². The van der Waals surface area contributed by atoms with Crippen LogP contribution in [0.5, 0.6) is 0 Å². The zero-order chi connectivity index (χ0) is 10.8. The first-order chi connectivity index (χ1) is 7.18. The van der Waals surface area contributed by atoms with Crippen molar-refractivity contribution in [1.82, 2.24) is 9.97 Å². The third-order valence-electron chi connectivity index (χ3n) is 2.53. The van der Waals surface area contributed by atoms with Gasteiger partial charge in [-0.1, -0.05) is 18.2 Å². The molecule has 0 amide bonds. The van der Waals surface area contributed by atoms with E-state index in [9.17, 15) is 4.79 Å². The normalized spacial score (nSPS) is 10.3. The second-order valence-corrected chi connectivity index (χ2v) is 3.53. The van der Waals surface area contributed by atoms with Crippen LogP contribution in [0.2, 0.25) is 0 Å². The molecule has 76 valence electrons. The van der Waals surface area contributed by atoms with Gasteiger partial charge in [0.15, 0.2) is 0 Å². The number of nitrogens with one attached hydrogen (secondary N) is 1. The van der Waals surface area contributed by atoms with Gasteiger partial charge in [0.2, 0.25) is 0 Å².